The molecule has 228 valence electrons. The Morgan fingerprint density at radius 1 is 1.02 bits per heavy atom. The molecule has 1 aromatic heterocycles. The molecule has 3 aromatic carbocycles. The number of nitrogens with one attached hydrogen (secondary N) is 3. The molecule has 2 atom stereocenters. The summed E-state index contributed by atoms with van der Waals surface area (Å²) in [5.41, 5.74) is 4.76. The zero-order valence-corrected chi connectivity index (χ0v) is 25.7. The van der Waals surface area contributed by atoms with Crippen molar-refractivity contribution in [3.8, 4) is 17.4 Å². The van der Waals surface area contributed by atoms with E-state index in [1.807, 2.05) is 12.1 Å². The van der Waals surface area contributed by atoms with Gasteiger partial charge in [-0.25, -0.2) is 0 Å². The van der Waals surface area contributed by atoms with Gasteiger partial charge < -0.3 is 25.5 Å². The van der Waals surface area contributed by atoms with Crippen LogP contribution in [0.15, 0.2) is 83.3 Å². The molecule has 0 aliphatic carbocycles. The molecule has 0 saturated carbocycles. The fourth-order valence-corrected chi connectivity index (χ4v) is 4.95. The van der Waals surface area contributed by atoms with Gasteiger partial charge in [0, 0.05) is 37.2 Å². The number of aliphatic hydroxyl groups is 1. The minimum absolute atomic E-state index is 0.0270. The molecule has 0 saturated heterocycles. The van der Waals surface area contributed by atoms with Crippen molar-refractivity contribution < 1.29 is 19.1 Å². The Balaban J connectivity index is 1.45. The average Bonchev–Trinajstić information content (AvgIpc) is 3.50. The molecule has 1 unspecified atom stereocenters. The number of aliphatic hydroxyl groups excluding tert-OH is 1. The van der Waals surface area contributed by atoms with E-state index >= 15 is 0 Å². The fraction of sp³-hybridized carbons (Fsp3) is 0.286. The lowest BCUT2D eigenvalue weighted by atomic mass is 10.0. The maximum atomic E-state index is 13.5. The van der Waals surface area contributed by atoms with Crippen molar-refractivity contribution in [2.45, 2.75) is 51.7 Å². The molecular formula is C35H37ClN4O4. The monoisotopic (exact) mass is 612 g/mol. The van der Waals surface area contributed by atoms with Crippen molar-refractivity contribution in [1.29, 1.82) is 5.26 Å². The lowest BCUT2D eigenvalue weighted by Crippen LogP contribution is -2.41. The molecule has 44 heavy (non-hydrogen) atoms. The number of amides is 2. The molecule has 0 radical (unpaired) electrons. The summed E-state index contributed by atoms with van der Waals surface area (Å²) in [7, 11) is 0. The van der Waals surface area contributed by atoms with Crippen LogP contribution in [-0.4, -0.2) is 36.1 Å². The predicted octanol–water partition coefficient (Wildman–Crippen LogP) is 5.86. The molecule has 8 nitrogen and oxygen atoms in total. The number of nitriles is 1. The van der Waals surface area contributed by atoms with Crippen LogP contribution in [0.2, 0.25) is 5.02 Å². The Morgan fingerprint density at radius 3 is 2.48 bits per heavy atom. The second-order valence-corrected chi connectivity index (χ2v) is 11.2. The minimum Gasteiger partial charge on any atom is -0.460 e. The summed E-state index contributed by atoms with van der Waals surface area (Å²) >= 11 is 6.47. The Bertz CT molecular complexity index is 1590. The van der Waals surface area contributed by atoms with Gasteiger partial charge in [-0.1, -0.05) is 53.6 Å². The first kappa shape index (κ1) is 32.5. The number of hydrogen-bond donors (Lipinski definition) is 4. The summed E-state index contributed by atoms with van der Waals surface area (Å²) < 4.78 is 6.10. The lowest BCUT2D eigenvalue weighted by molar-refractivity contribution is -0.121. The van der Waals surface area contributed by atoms with Gasteiger partial charge in [0.25, 0.3) is 5.91 Å². The molecule has 0 bridgehead atoms. The Hall–Kier alpha value is -4.42. The summed E-state index contributed by atoms with van der Waals surface area (Å²) in [6.07, 6.45) is 0.846. The Labute approximate surface area is 263 Å². The molecule has 4 aromatic rings. The first-order valence-electron chi connectivity index (χ1n) is 14.6. The van der Waals surface area contributed by atoms with Gasteiger partial charge in [0.2, 0.25) is 5.91 Å². The highest BCUT2D eigenvalue weighted by Gasteiger charge is 2.21. The largest absolute Gasteiger partial charge is 0.460 e. The van der Waals surface area contributed by atoms with E-state index in [0.29, 0.717) is 42.8 Å². The molecular weight excluding hydrogens is 576 g/mol. The van der Waals surface area contributed by atoms with E-state index in [9.17, 15) is 9.59 Å². The van der Waals surface area contributed by atoms with E-state index in [4.69, 9.17) is 26.4 Å². The number of halogens is 1. The second-order valence-electron chi connectivity index (χ2n) is 10.8. The van der Waals surface area contributed by atoms with Crippen molar-refractivity contribution in [2.24, 2.45) is 0 Å². The van der Waals surface area contributed by atoms with Gasteiger partial charge in [0.1, 0.15) is 11.5 Å². The molecule has 9 heteroatoms. The number of nitrogens with zero attached hydrogens (tertiary/aromatic N) is 1. The predicted molar refractivity (Wildman–Crippen MR) is 171 cm³/mol. The third-order valence-corrected chi connectivity index (χ3v) is 7.64. The van der Waals surface area contributed by atoms with E-state index in [-0.39, 0.29) is 35.6 Å². The standard InChI is InChI=1S/C35H37ClN4O4/c1-23-4-10-27(11-5-23)24(2)39-22-30-13-15-33(44-30)28-12-14-32(36)31(19-28)35(43)40-29(20-34(42)38-16-3-17-41)18-25-6-8-26(21-37)9-7-25/h4-15,19,24,29,39,41H,3,16-18,20,22H2,1-2H3,(H,38,42)(H,40,43)/t24?,29-/m1/s1. The van der Waals surface area contributed by atoms with Crippen LogP contribution in [0.1, 0.15) is 64.2 Å². The smallest absolute Gasteiger partial charge is 0.253 e. The van der Waals surface area contributed by atoms with Gasteiger partial charge >= 0.3 is 0 Å². The van der Waals surface area contributed by atoms with Crippen LogP contribution in [0.4, 0.5) is 0 Å². The third-order valence-electron chi connectivity index (χ3n) is 7.31. The maximum absolute atomic E-state index is 13.5. The molecule has 4 rings (SSSR count). The number of benzene rings is 3. The second kappa shape index (κ2) is 15.9. The summed E-state index contributed by atoms with van der Waals surface area (Å²) in [4.78, 5) is 26.1. The lowest BCUT2D eigenvalue weighted by Gasteiger charge is -2.19. The van der Waals surface area contributed by atoms with E-state index < -0.39 is 11.9 Å². The Morgan fingerprint density at radius 2 is 1.77 bits per heavy atom. The number of rotatable bonds is 14. The molecule has 4 N–H and O–H groups in total. The topological polar surface area (TPSA) is 127 Å². The number of hydrogen-bond acceptors (Lipinski definition) is 6. The fourth-order valence-electron chi connectivity index (χ4n) is 4.75. The van der Waals surface area contributed by atoms with Crippen LogP contribution in [0, 0.1) is 18.3 Å². The van der Waals surface area contributed by atoms with Crippen molar-refractivity contribution in [3.05, 3.63) is 117 Å². The van der Waals surface area contributed by atoms with Crippen LogP contribution in [-0.2, 0) is 17.8 Å². The molecule has 1 heterocycles. The number of carbonyl (C=O) groups is 2. The summed E-state index contributed by atoms with van der Waals surface area (Å²) in [5, 5.41) is 27.6. The third kappa shape index (κ3) is 9.29. The van der Waals surface area contributed by atoms with Crippen molar-refractivity contribution >= 4 is 23.4 Å². The molecule has 0 aliphatic heterocycles. The van der Waals surface area contributed by atoms with Gasteiger partial charge in [-0.3, -0.25) is 9.59 Å². The van der Waals surface area contributed by atoms with Crippen LogP contribution in [0.25, 0.3) is 11.3 Å². The molecule has 0 aliphatic rings. The summed E-state index contributed by atoms with van der Waals surface area (Å²) in [5.74, 6) is 0.701. The van der Waals surface area contributed by atoms with Crippen LogP contribution in [0.3, 0.4) is 0 Å². The van der Waals surface area contributed by atoms with Gasteiger partial charge in [-0.2, -0.15) is 5.26 Å². The zero-order chi connectivity index (χ0) is 31.5. The van der Waals surface area contributed by atoms with Gasteiger partial charge in [0.05, 0.1) is 28.8 Å². The van der Waals surface area contributed by atoms with E-state index in [1.165, 1.54) is 11.1 Å². The van der Waals surface area contributed by atoms with Crippen molar-refractivity contribution in [2.75, 3.05) is 13.2 Å². The summed E-state index contributed by atoms with van der Waals surface area (Å²) in [6, 6.07) is 26.0. The van der Waals surface area contributed by atoms with Gasteiger partial charge in [-0.05, 0) is 80.3 Å². The van der Waals surface area contributed by atoms with Crippen molar-refractivity contribution in [1.82, 2.24) is 16.0 Å². The van der Waals surface area contributed by atoms with E-state index in [0.717, 1.165) is 11.3 Å². The molecule has 0 fully saturated rings. The summed E-state index contributed by atoms with van der Waals surface area (Å²) in [6.45, 7) is 5.02. The number of furan rings is 1. The normalized spacial score (nSPS) is 12.2. The first-order valence-corrected chi connectivity index (χ1v) is 15.0. The first-order chi connectivity index (χ1) is 21.2. The Kier molecular flexibility index (Phi) is 11.7. The van der Waals surface area contributed by atoms with E-state index in [1.54, 1.807) is 42.5 Å². The van der Waals surface area contributed by atoms with Crippen molar-refractivity contribution in [3.63, 3.8) is 0 Å². The maximum Gasteiger partial charge on any atom is 0.253 e. The highest BCUT2D eigenvalue weighted by molar-refractivity contribution is 6.34. The van der Waals surface area contributed by atoms with Gasteiger partial charge in [0.15, 0.2) is 0 Å². The highest BCUT2D eigenvalue weighted by atomic mass is 35.5. The van der Waals surface area contributed by atoms with Crippen LogP contribution >= 0.6 is 11.6 Å². The molecule has 0 spiro atoms. The molecule has 2 amide bonds. The highest BCUT2D eigenvalue weighted by Crippen LogP contribution is 2.28. The number of aryl methyl sites for hydroxylation is 1. The SMILES string of the molecule is Cc1ccc(C(C)NCc2ccc(-c3ccc(Cl)c(C(=O)N[C@@H](CC(=O)NCCCO)Cc4ccc(C#N)cc4)c3)o2)cc1. The average molecular weight is 613 g/mol. The number of carbonyl (C=O) groups excluding carboxylic acids is 2. The van der Waals surface area contributed by atoms with Gasteiger partial charge in [-0.15, -0.1) is 0 Å². The van der Waals surface area contributed by atoms with E-state index in [2.05, 4.69) is 60.1 Å². The van der Waals surface area contributed by atoms with Crippen LogP contribution < -0.4 is 16.0 Å². The minimum atomic E-state index is -0.541. The quantitative estimate of drug-likeness (QED) is 0.132. The zero-order valence-electron chi connectivity index (χ0n) is 24.9. The van der Waals surface area contributed by atoms with Crippen LogP contribution in [0.5, 0.6) is 0 Å².